The zero-order valence-corrected chi connectivity index (χ0v) is 75.0. The summed E-state index contributed by atoms with van der Waals surface area (Å²) < 4.78 is 12.2. The van der Waals surface area contributed by atoms with Crippen molar-refractivity contribution in [1.82, 2.24) is 73.4 Å². The van der Waals surface area contributed by atoms with Crippen molar-refractivity contribution in [3.63, 3.8) is 0 Å². The number of pyridine rings is 1. The van der Waals surface area contributed by atoms with E-state index >= 15 is 0 Å². The molecule has 9 rings (SSSR count). The summed E-state index contributed by atoms with van der Waals surface area (Å²) in [5.74, 6) is 8.67. The molecule has 0 fully saturated rings. The van der Waals surface area contributed by atoms with Crippen LogP contribution in [-0.4, -0.2) is 85.7 Å². The average molecular weight is 1460 g/mol. The maximum atomic E-state index is 4.46. The second-order valence-electron chi connectivity index (χ2n) is 33.5. The van der Waals surface area contributed by atoms with Crippen molar-refractivity contribution in [2.45, 2.75) is 349 Å². The topological polar surface area (TPSA) is 158 Å². The standard InChI is InChI=1S/2C10H17N.3C9H16N2.C8H15N3.C7H10N2.C6H10N2.C5H5N.4C4H10/c1-7(2)9-5-10(8(3)4)11-6-9;1-8(2)10-5-6-11(7-10)9(3)4;1-7(2)9-5-11(6-10-9)8(3)4;2*1-7(2)9-5-6-11(10-9)8(3)4;1-6(2)8-5-11(7(3)4)10-9-8;1-6(2)7-8-4-3-5-9-7;1-6(2)8-5-3-4-7-8;1-2-4-6-5-3-1;4*1-4(2)3/h5,7-8H,6H2,1-4H3;5-9H,1-4H3;3*5-8H,1-4H3;5-7H,1-4H3;3-6H,1-2H3;3-6H,1-2H3;1-5H;4*4H,1-3H3. The summed E-state index contributed by atoms with van der Waals surface area (Å²) in [6, 6.07) is 18.8. The monoisotopic (exact) mass is 1460 g/mol. The van der Waals surface area contributed by atoms with Gasteiger partial charge in [0.1, 0.15) is 5.82 Å². The Labute approximate surface area is 646 Å². The Balaban J connectivity index is -0.000000534. The van der Waals surface area contributed by atoms with Crippen LogP contribution in [0.1, 0.15) is 383 Å². The van der Waals surface area contributed by atoms with Gasteiger partial charge in [0, 0.05) is 122 Å². The number of rotatable bonds is 14. The fourth-order valence-corrected chi connectivity index (χ4v) is 7.40. The predicted molar refractivity (Wildman–Crippen MR) is 459 cm³/mol. The smallest absolute Gasteiger partial charge is 0.130 e. The van der Waals surface area contributed by atoms with Crippen molar-refractivity contribution in [2.75, 3.05) is 6.54 Å². The Kier molecular flexibility index (Phi) is 59.5. The van der Waals surface area contributed by atoms with Crippen molar-refractivity contribution in [2.24, 2.45) is 40.5 Å². The summed E-state index contributed by atoms with van der Waals surface area (Å²) in [5, 5.41) is 20.9. The molecule has 0 saturated carbocycles. The lowest BCUT2D eigenvalue weighted by Crippen LogP contribution is -2.02. The normalized spacial score (nSPS) is 11.3. The third-order valence-electron chi connectivity index (χ3n) is 13.8. The van der Waals surface area contributed by atoms with Gasteiger partial charge in [-0.2, -0.15) is 15.3 Å². The number of aromatic nitrogens is 15. The molecule has 8 aromatic heterocycles. The number of imidazole rings is 1. The molecular weight excluding hydrogens is 1290 g/mol. The van der Waals surface area contributed by atoms with E-state index in [0.29, 0.717) is 83.6 Å². The Hall–Kier alpha value is -7.10. The van der Waals surface area contributed by atoms with Gasteiger partial charge in [-0.15, -0.1) is 5.10 Å². The number of hydrogen-bond acceptors (Lipinski definition) is 10. The Bertz CT molecular complexity index is 2770. The van der Waals surface area contributed by atoms with Crippen LogP contribution in [0.4, 0.5) is 0 Å². The van der Waals surface area contributed by atoms with Crippen molar-refractivity contribution < 1.29 is 0 Å². The number of allylic oxidation sites excluding steroid dienone is 1. The maximum Gasteiger partial charge on any atom is 0.130 e. The first kappa shape index (κ1) is 104. The van der Waals surface area contributed by atoms with E-state index in [1.807, 2.05) is 80.2 Å². The molecule has 0 unspecified atom stereocenters. The van der Waals surface area contributed by atoms with Crippen LogP contribution in [0.25, 0.3) is 0 Å². The highest BCUT2D eigenvalue weighted by Gasteiger charge is 2.14. The van der Waals surface area contributed by atoms with Crippen LogP contribution in [-0.2, 0) is 0 Å². The van der Waals surface area contributed by atoms with Gasteiger partial charge in [0.25, 0.3) is 0 Å². The van der Waals surface area contributed by atoms with E-state index < -0.39 is 0 Å². The Morgan fingerprint density at radius 3 is 0.943 bits per heavy atom. The van der Waals surface area contributed by atoms with Crippen molar-refractivity contribution in [3.8, 4) is 0 Å². The van der Waals surface area contributed by atoms with Crippen molar-refractivity contribution >= 4 is 5.71 Å². The molecular formula is C89H162N16. The van der Waals surface area contributed by atoms with Gasteiger partial charge in [-0.1, -0.05) is 205 Å². The van der Waals surface area contributed by atoms with Gasteiger partial charge in [0.15, 0.2) is 0 Å². The third kappa shape index (κ3) is 56.8. The molecule has 0 spiro atoms. The molecule has 8 aromatic rings. The summed E-state index contributed by atoms with van der Waals surface area (Å²) in [7, 11) is 0. The summed E-state index contributed by atoms with van der Waals surface area (Å²) in [5.41, 5.74) is 8.79. The summed E-state index contributed by atoms with van der Waals surface area (Å²) in [4.78, 5) is 20.7. The van der Waals surface area contributed by atoms with E-state index in [1.165, 1.54) is 33.9 Å². The lowest BCUT2D eigenvalue weighted by Gasteiger charge is -2.06. The molecule has 16 nitrogen and oxygen atoms in total. The molecule has 1 aliphatic rings. The van der Waals surface area contributed by atoms with E-state index in [4.69, 9.17) is 0 Å². The number of aliphatic imine (C=N–C) groups is 1. The lowest BCUT2D eigenvalue weighted by atomic mass is 10.0. The summed E-state index contributed by atoms with van der Waals surface area (Å²) >= 11 is 0. The SMILES string of the molecule is CC(C)C.CC(C)C.CC(C)C.CC(C)C.CC(C)C1=CC(C(C)C)=NC1.CC(C)c1ccn(C(C)C)c1.CC(C)c1ccn(C(C)C)n1.CC(C)c1ccn(C(C)C)n1.CC(C)c1cn(C(C)C)cn1.CC(C)c1cn(C(C)C)nn1.CC(C)c1ncccn1.CC(C)n1cccn1.c1ccncc1. The highest BCUT2D eigenvalue weighted by molar-refractivity contribution is 5.98. The van der Waals surface area contributed by atoms with E-state index in [0.717, 1.165) is 41.7 Å². The van der Waals surface area contributed by atoms with Crippen LogP contribution < -0.4 is 0 Å². The highest BCUT2D eigenvalue weighted by Crippen LogP contribution is 2.20. The molecule has 0 saturated heterocycles. The Morgan fingerprint density at radius 2 is 0.743 bits per heavy atom. The summed E-state index contributed by atoms with van der Waals surface area (Å²) in [6.45, 7) is 87.2. The molecule has 16 heteroatoms. The van der Waals surface area contributed by atoms with Gasteiger partial charge in [-0.3, -0.25) is 24.0 Å². The molecule has 0 bridgehead atoms. The molecule has 9 heterocycles. The molecule has 1 aliphatic heterocycles. The van der Waals surface area contributed by atoms with Gasteiger partial charge < -0.3 is 9.13 Å². The zero-order valence-electron chi connectivity index (χ0n) is 75.0. The minimum absolute atomic E-state index is 0.412. The third-order valence-corrected chi connectivity index (χ3v) is 13.8. The molecule has 105 heavy (non-hydrogen) atoms. The molecule has 0 atom stereocenters. The van der Waals surface area contributed by atoms with Crippen LogP contribution in [0.15, 0.2) is 146 Å². The van der Waals surface area contributed by atoms with Crippen LogP contribution in [0.3, 0.4) is 0 Å². The van der Waals surface area contributed by atoms with Gasteiger partial charge >= 0.3 is 0 Å². The minimum atomic E-state index is 0.412. The first-order chi connectivity index (χ1) is 48.7. The molecule has 0 amide bonds. The van der Waals surface area contributed by atoms with Gasteiger partial charge in [0.05, 0.1) is 35.6 Å². The maximum absolute atomic E-state index is 4.46. The minimum Gasteiger partial charge on any atom is -0.352 e. The van der Waals surface area contributed by atoms with Gasteiger partial charge in [0.2, 0.25) is 0 Å². The van der Waals surface area contributed by atoms with E-state index in [2.05, 4.69) is 379 Å². The van der Waals surface area contributed by atoms with Crippen LogP contribution in [0, 0.1) is 35.5 Å². The fraction of sp³-hybridized carbons (Fsp3) is 0.663. The molecule has 0 radical (unpaired) electrons. The van der Waals surface area contributed by atoms with Crippen LogP contribution in [0.2, 0.25) is 0 Å². The van der Waals surface area contributed by atoms with Crippen LogP contribution >= 0.6 is 0 Å². The first-order valence-electron chi connectivity index (χ1n) is 39.8. The zero-order chi connectivity index (χ0) is 81.8. The summed E-state index contributed by atoms with van der Waals surface area (Å²) in [6.07, 6.45) is 27.5. The predicted octanol–water partition coefficient (Wildman–Crippen LogP) is 26.4. The van der Waals surface area contributed by atoms with E-state index in [-0.39, 0.29) is 0 Å². The highest BCUT2D eigenvalue weighted by atomic mass is 15.4. The molecule has 0 N–H and O–H groups in total. The van der Waals surface area contributed by atoms with Gasteiger partial charge in [-0.25, -0.2) is 19.6 Å². The number of nitrogens with zero attached hydrogens (tertiary/aromatic N) is 16. The largest absolute Gasteiger partial charge is 0.352 e. The fourth-order valence-electron chi connectivity index (χ4n) is 7.40. The molecule has 598 valence electrons. The number of hydrogen-bond donors (Lipinski definition) is 0. The molecule has 0 aliphatic carbocycles. The van der Waals surface area contributed by atoms with Crippen LogP contribution in [0.5, 0.6) is 0 Å². The van der Waals surface area contributed by atoms with E-state index in [9.17, 15) is 0 Å². The van der Waals surface area contributed by atoms with Crippen molar-refractivity contribution in [1.29, 1.82) is 0 Å². The quantitative estimate of drug-likeness (QED) is 0.103. The lowest BCUT2D eigenvalue weighted by molar-refractivity contribution is 0.514. The van der Waals surface area contributed by atoms with Crippen molar-refractivity contribution in [3.05, 3.63) is 175 Å². The van der Waals surface area contributed by atoms with Gasteiger partial charge in [-0.05, 0) is 208 Å². The second kappa shape index (κ2) is 60.0. The molecule has 0 aromatic carbocycles. The first-order valence-corrected chi connectivity index (χ1v) is 39.8. The Morgan fingerprint density at radius 1 is 0.314 bits per heavy atom. The van der Waals surface area contributed by atoms with E-state index in [1.54, 1.807) is 31.0 Å². The average Bonchev–Trinajstić information content (AvgIpc) is 1.72. The second-order valence-corrected chi connectivity index (χ2v) is 33.5.